The van der Waals surface area contributed by atoms with Crippen molar-refractivity contribution in [2.75, 3.05) is 10.2 Å². The van der Waals surface area contributed by atoms with Crippen molar-refractivity contribution >= 4 is 38.9 Å². The van der Waals surface area contributed by atoms with Gasteiger partial charge >= 0.3 is 0 Å². The molecule has 0 saturated heterocycles. The summed E-state index contributed by atoms with van der Waals surface area (Å²) in [6.45, 7) is 0.0837. The SMILES string of the molecule is O=S(=O)(c1ccc(CCCl)cc1)N(Cc1ccco1)c1ccc(Cl)cc1. The number of rotatable bonds is 7. The summed E-state index contributed by atoms with van der Waals surface area (Å²) in [6, 6.07) is 16.9. The number of benzene rings is 2. The number of furan rings is 1. The number of nitrogens with zero attached hydrogens (tertiary/aromatic N) is 1. The Morgan fingerprint density at radius 1 is 0.962 bits per heavy atom. The molecule has 0 N–H and O–H groups in total. The lowest BCUT2D eigenvalue weighted by molar-refractivity contribution is 0.508. The van der Waals surface area contributed by atoms with Gasteiger partial charge in [0.05, 0.1) is 23.4 Å². The summed E-state index contributed by atoms with van der Waals surface area (Å²) >= 11 is 11.7. The fraction of sp³-hybridized carbons (Fsp3) is 0.158. The summed E-state index contributed by atoms with van der Waals surface area (Å²) in [6.07, 6.45) is 2.21. The third kappa shape index (κ3) is 4.23. The molecule has 0 fully saturated rings. The van der Waals surface area contributed by atoms with Crippen molar-refractivity contribution in [2.24, 2.45) is 0 Å². The van der Waals surface area contributed by atoms with Crippen molar-refractivity contribution in [3.8, 4) is 0 Å². The van der Waals surface area contributed by atoms with E-state index in [1.165, 1.54) is 10.6 Å². The highest BCUT2D eigenvalue weighted by Gasteiger charge is 2.26. The van der Waals surface area contributed by atoms with E-state index < -0.39 is 10.0 Å². The maximum absolute atomic E-state index is 13.2. The molecule has 0 saturated carbocycles. The van der Waals surface area contributed by atoms with Gasteiger partial charge in [0.1, 0.15) is 5.76 Å². The van der Waals surface area contributed by atoms with E-state index in [0.29, 0.717) is 28.8 Å². The Morgan fingerprint density at radius 2 is 1.65 bits per heavy atom. The van der Waals surface area contributed by atoms with E-state index in [0.717, 1.165) is 5.56 Å². The van der Waals surface area contributed by atoms with Gasteiger partial charge in [0.25, 0.3) is 10.0 Å². The topological polar surface area (TPSA) is 50.5 Å². The van der Waals surface area contributed by atoms with Gasteiger partial charge in [0.15, 0.2) is 0 Å². The molecule has 0 amide bonds. The van der Waals surface area contributed by atoms with Crippen LogP contribution in [-0.2, 0) is 23.0 Å². The molecule has 0 unspecified atom stereocenters. The van der Waals surface area contributed by atoms with Crippen LogP contribution in [-0.4, -0.2) is 14.3 Å². The standard InChI is InChI=1S/C19H17Cl2NO3S/c20-12-11-15-3-9-19(10-4-15)26(23,24)22(14-18-2-1-13-25-18)17-7-5-16(21)6-8-17/h1-10,13H,11-12,14H2. The van der Waals surface area contributed by atoms with Crippen LogP contribution in [0.3, 0.4) is 0 Å². The first kappa shape index (κ1) is 18.8. The van der Waals surface area contributed by atoms with E-state index in [-0.39, 0.29) is 11.4 Å². The summed E-state index contributed by atoms with van der Waals surface area (Å²) in [5.41, 5.74) is 1.50. The van der Waals surface area contributed by atoms with Crippen molar-refractivity contribution in [3.05, 3.63) is 83.3 Å². The number of hydrogen-bond acceptors (Lipinski definition) is 3. The zero-order valence-corrected chi connectivity index (χ0v) is 16.1. The van der Waals surface area contributed by atoms with Crippen molar-refractivity contribution in [3.63, 3.8) is 0 Å². The average molecular weight is 410 g/mol. The summed E-state index contributed by atoms with van der Waals surface area (Å²) in [5.74, 6) is 1.03. The van der Waals surface area contributed by atoms with E-state index in [9.17, 15) is 8.42 Å². The van der Waals surface area contributed by atoms with Gasteiger partial charge in [-0.2, -0.15) is 0 Å². The first-order chi connectivity index (χ1) is 12.5. The lowest BCUT2D eigenvalue weighted by Crippen LogP contribution is -2.30. The number of alkyl halides is 1. The monoisotopic (exact) mass is 409 g/mol. The van der Waals surface area contributed by atoms with Gasteiger partial charge < -0.3 is 4.42 Å². The van der Waals surface area contributed by atoms with E-state index in [4.69, 9.17) is 27.6 Å². The summed E-state index contributed by atoms with van der Waals surface area (Å²) in [7, 11) is -3.78. The van der Waals surface area contributed by atoms with Crippen LogP contribution in [0.2, 0.25) is 5.02 Å². The average Bonchev–Trinajstić information content (AvgIpc) is 3.15. The van der Waals surface area contributed by atoms with Gasteiger partial charge in [-0.3, -0.25) is 4.31 Å². The minimum absolute atomic E-state index is 0.0837. The highest BCUT2D eigenvalue weighted by molar-refractivity contribution is 7.92. The zero-order chi connectivity index (χ0) is 18.6. The highest BCUT2D eigenvalue weighted by atomic mass is 35.5. The number of halogens is 2. The molecular weight excluding hydrogens is 393 g/mol. The van der Waals surface area contributed by atoms with Gasteiger partial charge in [-0.25, -0.2) is 8.42 Å². The first-order valence-electron chi connectivity index (χ1n) is 7.96. The number of sulfonamides is 1. The lowest BCUT2D eigenvalue weighted by Gasteiger charge is -2.24. The second-order valence-electron chi connectivity index (χ2n) is 5.65. The lowest BCUT2D eigenvalue weighted by atomic mass is 10.2. The molecule has 0 aliphatic carbocycles. The fourth-order valence-corrected chi connectivity index (χ4v) is 4.31. The maximum Gasteiger partial charge on any atom is 0.264 e. The smallest absolute Gasteiger partial charge is 0.264 e. The molecule has 7 heteroatoms. The Hall–Kier alpha value is -1.95. The Morgan fingerprint density at radius 3 is 2.23 bits per heavy atom. The van der Waals surface area contributed by atoms with Gasteiger partial charge in [-0.05, 0) is 60.5 Å². The second kappa shape index (κ2) is 8.16. The van der Waals surface area contributed by atoms with Gasteiger partial charge in [0.2, 0.25) is 0 Å². The minimum Gasteiger partial charge on any atom is -0.467 e. The van der Waals surface area contributed by atoms with E-state index in [1.54, 1.807) is 60.7 Å². The van der Waals surface area contributed by atoms with Crippen molar-refractivity contribution in [1.29, 1.82) is 0 Å². The molecule has 1 heterocycles. The molecule has 0 aliphatic heterocycles. The van der Waals surface area contributed by atoms with Gasteiger partial charge in [-0.15, -0.1) is 11.6 Å². The minimum atomic E-state index is -3.78. The molecule has 2 aromatic carbocycles. The molecule has 0 radical (unpaired) electrons. The molecule has 1 aromatic heterocycles. The van der Waals surface area contributed by atoms with Crippen LogP contribution in [0.25, 0.3) is 0 Å². The van der Waals surface area contributed by atoms with Crippen molar-refractivity contribution in [2.45, 2.75) is 17.9 Å². The molecule has 136 valence electrons. The summed E-state index contributed by atoms with van der Waals surface area (Å²) < 4.78 is 33.1. The number of hydrogen-bond donors (Lipinski definition) is 0. The summed E-state index contributed by atoms with van der Waals surface area (Å²) in [4.78, 5) is 0.206. The molecule has 0 atom stereocenters. The van der Waals surface area contributed by atoms with E-state index in [2.05, 4.69) is 0 Å². The molecular formula is C19H17Cl2NO3S. The Kier molecular flexibility index (Phi) is 5.91. The first-order valence-corrected chi connectivity index (χ1v) is 10.3. The number of anilines is 1. The zero-order valence-electron chi connectivity index (χ0n) is 13.8. The number of aryl methyl sites for hydroxylation is 1. The molecule has 26 heavy (non-hydrogen) atoms. The van der Waals surface area contributed by atoms with E-state index >= 15 is 0 Å². The van der Waals surface area contributed by atoms with Crippen LogP contribution in [0.5, 0.6) is 0 Å². The molecule has 3 aromatic rings. The van der Waals surface area contributed by atoms with Crippen molar-refractivity contribution in [1.82, 2.24) is 0 Å². The highest BCUT2D eigenvalue weighted by Crippen LogP contribution is 2.27. The van der Waals surface area contributed by atoms with Crippen LogP contribution >= 0.6 is 23.2 Å². The van der Waals surface area contributed by atoms with Gasteiger partial charge in [-0.1, -0.05) is 23.7 Å². The third-order valence-electron chi connectivity index (χ3n) is 3.89. The second-order valence-corrected chi connectivity index (χ2v) is 8.33. The van der Waals surface area contributed by atoms with Crippen LogP contribution in [0.15, 0.2) is 76.2 Å². The summed E-state index contributed by atoms with van der Waals surface area (Å²) in [5, 5.41) is 0.537. The quantitative estimate of drug-likeness (QED) is 0.509. The van der Waals surface area contributed by atoms with Crippen LogP contribution in [0.1, 0.15) is 11.3 Å². The predicted octanol–water partition coefficient (Wildman–Crippen LogP) is 5.11. The molecule has 0 aliphatic rings. The molecule has 0 bridgehead atoms. The molecule has 0 spiro atoms. The van der Waals surface area contributed by atoms with Crippen molar-refractivity contribution < 1.29 is 12.8 Å². The fourth-order valence-electron chi connectivity index (χ4n) is 2.53. The maximum atomic E-state index is 13.2. The Labute approximate surface area is 163 Å². The Bertz CT molecular complexity index is 937. The van der Waals surface area contributed by atoms with Crippen LogP contribution in [0, 0.1) is 0 Å². The van der Waals surface area contributed by atoms with Crippen LogP contribution < -0.4 is 4.31 Å². The molecule has 3 rings (SSSR count). The molecule has 4 nitrogen and oxygen atoms in total. The van der Waals surface area contributed by atoms with Crippen LogP contribution in [0.4, 0.5) is 5.69 Å². The van der Waals surface area contributed by atoms with Gasteiger partial charge in [0, 0.05) is 10.9 Å². The normalized spacial score (nSPS) is 11.5. The predicted molar refractivity (Wildman–Crippen MR) is 104 cm³/mol. The third-order valence-corrected chi connectivity index (χ3v) is 6.12. The largest absolute Gasteiger partial charge is 0.467 e. The Balaban J connectivity index is 1.99. The van der Waals surface area contributed by atoms with E-state index in [1.807, 2.05) is 0 Å².